The molecule has 142 valence electrons. The third-order valence-electron chi connectivity index (χ3n) is 4.54. The molecule has 1 N–H and O–H groups in total. The number of allylic oxidation sites excluding steroid dienone is 2. The summed E-state index contributed by atoms with van der Waals surface area (Å²) in [5.41, 5.74) is 2.78. The lowest BCUT2D eigenvalue weighted by atomic mass is 10.1. The average molecular weight is 367 g/mol. The van der Waals surface area contributed by atoms with E-state index in [1.165, 1.54) is 12.8 Å². The van der Waals surface area contributed by atoms with Gasteiger partial charge in [-0.25, -0.2) is 14.6 Å². The molecule has 0 spiro atoms. The highest BCUT2D eigenvalue weighted by Gasteiger charge is 2.15. The number of carbonyl (C=O) groups is 1. The fourth-order valence-electron chi connectivity index (χ4n) is 3.09. The number of anilines is 1. The second kappa shape index (κ2) is 9.23. The number of amides is 1. The SMILES string of the molecule is C/C=C\n1nc(NC=O)cc1/C=C(\C)c1cnc(COC2CCCC2)nc1. The fraction of sp³-hybridized carbons (Fsp3) is 0.400. The van der Waals surface area contributed by atoms with E-state index in [1.807, 2.05) is 50.7 Å². The minimum atomic E-state index is 0.357. The summed E-state index contributed by atoms with van der Waals surface area (Å²) >= 11 is 0. The maximum atomic E-state index is 10.6. The molecule has 0 atom stereocenters. The fourth-order valence-corrected chi connectivity index (χ4v) is 3.09. The molecule has 0 aromatic carbocycles. The van der Waals surface area contributed by atoms with Gasteiger partial charge in [-0.1, -0.05) is 18.9 Å². The molecule has 3 rings (SSSR count). The smallest absolute Gasteiger partial charge is 0.212 e. The van der Waals surface area contributed by atoms with Gasteiger partial charge >= 0.3 is 0 Å². The Morgan fingerprint density at radius 3 is 2.74 bits per heavy atom. The highest BCUT2D eigenvalue weighted by molar-refractivity contribution is 5.80. The van der Waals surface area contributed by atoms with Crippen LogP contribution in [0, 0.1) is 0 Å². The van der Waals surface area contributed by atoms with Gasteiger partial charge in [-0.05, 0) is 38.3 Å². The molecular formula is C20H25N5O2. The molecule has 0 saturated heterocycles. The van der Waals surface area contributed by atoms with E-state index in [4.69, 9.17) is 4.74 Å². The van der Waals surface area contributed by atoms with Gasteiger partial charge in [0.1, 0.15) is 6.61 Å². The van der Waals surface area contributed by atoms with Crippen LogP contribution < -0.4 is 5.32 Å². The molecule has 7 nitrogen and oxygen atoms in total. The Balaban J connectivity index is 1.70. The van der Waals surface area contributed by atoms with Crippen molar-refractivity contribution in [1.82, 2.24) is 19.7 Å². The van der Waals surface area contributed by atoms with E-state index < -0.39 is 0 Å². The van der Waals surface area contributed by atoms with Crippen LogP contribution in [0.25, 0.3) is 17.8 Å². The van der Waals surface area contributed by atoms with Crippen molar-refractivity contribution in [3.63, 3.8) is 0 Å². The van der Waals surface area contributed by atoms with Gasteiger partial charge in [-0.2, -0.15) is 5.10 Å². The van der Waals surface area contributed by atoms with E-state index in [2.05, 4.69) is 20.4 Å². The first-order valence-electron chi connectivity index (χ1n) is 9.23. The molecule has 2 aromatic rings. The van der Waals surface area contributed by atoms with Crippen LogP contribution in [-0.4, -0.2) is 32.3 Å². The molecule has 27 heavy (non-hydrogen) atoms. The summed E-state index contributed by atoms with van der Waals surface area (Å²) in [6.07, 6.45) is 15.1. The summed E-state index contributed by atoms with van der Waals surface area (Å²) in [7, 11) is 0. The van der Waals surface area contributed by atoms with Crippen LogP contribution in [0.2, 0.25) is 0 Å². The van der Waals surface area contributed by atoms with E-state index in [9.17, 15) is 4.79 Å². The van der Waals surface area contributed by atoms with Crippen molar-refractivity contribution in [2.45, 2.75) is 52.2 Å². The highest BCUT2D eigenvalue weighted by Crippen LogP contribution is 2.22. The molecule has 1 amide bonds. The molecule has 1 aliphatic carbocycles. The zero-order valence-corrected chi connectivity index (χ0v) is 15.8. The standard InChI is InChI=1S/C20H25N5O2/c1-3-8-25-17(10-19(24-25)23-14-26)9-15(2)16-11-21-20(22-12-16)13-27-18-6-4-5-7-18/h3,8-12,14,18H,4-7,13H2,1-2H3,(H,23,24,26)/b8-3-,15-9+. The molecular weight excluding hydrogens is 342 g/mol. The van der Waals surface area contributed by atoms with Gasteiger partial charge in [0.2, 0.25) is 6.41 Å². The number of ether oxygens (including phenoxy) is 1. The maximum absolute atomic E-state index is 10.6. The van der Waals surface area contributed by atoms with Gasteiger partial charge in [-0.3, -0.25) is 4.79 Å². The van der Waals surface area contributed by atoms with Crippen LogP contribution in [0.4, 0.5) is 5.82 Å². The zero-order valence-electron chi connectivity index (χ0n) is 15.8. The van der Waals surface area contributed by atoms with Crippen LogP contribution in [0.1, 0.15) is 56.6 Å². The monoisotopic (exact) mass is 367 g/mol. The Bertz CT molecular complexity index is 817. The summed E-state index contributed by atoms with van der Waals surface area (Å²) in [6, 6.07) is 1.81. The van der Waals surface area contributed by atoms with E-state index >= 15 is 0 Å². The van der Waals surface area contributed by atoms with Gasteiger partial charge in [0, 0.05) is 30.2 Å². The van der Waals surface area contributed by atoms with Gasteiger partial charge in [0.05, 0.1) is 11.8 Å². The molecule has 7 heteroatoms. The van der Waals surface area contributed by atoms with E-state index in [0.717, 1.165) is 29.7 Å². The Morgan fingerprint density at radius 2 is 2.07 bits per heavy atom. The normalized spacial score (nSPS) is 15.6. The minimum Gasteiger partial charge on any atom is -0.370 e. The number of nitrogens with one attached hydrogen (secondary N) is 1. The zero-order chi connectivity index (χ0) is 19.1. The lowest BCUT2D eigenvalue weighted by Crippen LogP contribution is -2.09. The lowest BCUT2D eigenvalue weighted by Gasteiger charge is -2.10. The van der Waals surface area contributed by atoms with E-state index in [1.54, 1.807) is 4.68 Å². The first-order valence-corrected chi connectivity index (χ1v) is 9.23. The number of hydrogen-bond donors (Lipinski definition) is 1. The van der Waals surface area contributed by atoms with Crippen LogP contribution in [0.3, 0.4) is 0 Å². The third kappa shape index (κ3) is 5.10. The van der Waals surface area contributed by atoms with Crippen molar-refractivity contribution in [3.05, 3.63) is 41.6 Å². The largest absolute Gasteiger partial charge is 0.370 e. The van der Waals surface area contributed by atoms with E-state index in [0.29, 0.717) is 30.8 Å². The molecule has 0 radical (unpaired) electrons. The van der Waals surface area contributed by atoms with Gasteiger partial charge in [-0.15, -0.1) is 0 Å². The summed E-state index contributed by atoms with van der Waals surface area (Å²) < 4.78 is 7.57. The summed E-state index contributed by atoms with van der Waals surface area (Å²) in [6.45, 7) is 4.37. The van der Waals surface area contributed by atoms with Crippen molar-refractivity contribution >= 4 is 30.1 Å². The van der Waals surface area contributed by atoms with Crippen molar-refractivity contribution in [3.8, 4) is 0 Å². The lowest BCUT2D eigenvalue weighted by molar-refractivity contribution is -0.105. The number of carbonyl (C=O) groups excluding carboxylic acids is 1. The molecule has 0 bridgehead atoms. The van der Waals surface area contributed by atoms with Crippen LogP contribution in [0.15, 0.2) is 24.5 Å². The van der Waals surface area contributed by atoms with Crippen molar-refractivity contribution in [2.75, 3.05) is 5.32 Å². The predicted molar refractivity (Wildman–Crippen MR) is 106 cm³/mol. The quantitative estimate of drug-likeness (QED) is 0.719. The summed E-state index contributed by atoms with van der Waals surface area (Å²) in [5.74, 6) is 1.20. The second-order valence-electron chi connectivity index (χ2n) is 6.58. The van der Waals surface area contributed by atoms with Crippen LogP contribution in [-0.2, 0) is 16.1 Å². The Labute approximate surface area is 159 Å². The third-order valence-corrected chi connectivity index (χ3v) is 4.54. The first kappa shape index (κ1) is 19.0. The van der Waals surface area contributed by atoms with Crippen molar-refractivity contribution in [1.29, 1.82) is 0 Å². The molecule has 1 saturated carbocycles. The second-order valence-corrected chi connectivity index (χ2v) is 6.58. The molecule has 1 fully saturated rings. The minimum absolute atomic E-state index is 0.357. The maximum Gasteiger partial charge on any atom is 0.212 e. The first-order chi connectivity index (χ1) is 13.2. The molecule has 0 unspecified atom stereocenters. The Kier molecular flexibility index (Phi) is 6.49. The van der Waals surface area contributed by atoms with E-state index in [-0.39, 0.29) is 0 Å². The molecule has 2 aromatic heterocycles. The number of nitrogens with zero attached hydrogens (tertiary/aromatic N) is 4. The van der Waals surface area contributed by atoms with Crippen molar-refractivity contribution < 1.29 is 9.53 Å². The Hall–Kier alpha value is -2.80. The summed E-state index contributed by atoms with van der Waals surface area (Å²) in [4.78, 5) is 19.5. The van der Waals surface area contributed by atoms with Gasteiger partial charge < -0.3 is 10.1 Å². The summed E-state index contributed by atoms with van der Waals surface area (Å²) in [5, 5.41) is 6.88. The molecule has 0 aliphatic heterocycles. The number of aromatic nitrogens is 4. The topological polar surface area (TPSA) is 81.9 Å². The average Bonchev–Trinajstić information content (AvgIpc) is 3.31. The number of hydrogen-bond acceptors (Lipinski definition) is 5. The predicted octanol–water partition coefficient (Wildman–Crippen LogP) is 3.75. The van der Waals surface area contributed by atoms with Gasteiger partial charge in [0.25, 0.3) is 0 Å². The Morgan fingerprint density at radius 1 is 1.33 bits per heavy atom. The molecule has 2 heterocycles. The van der Waals surface area contributed by atoms with Crippen LogP contribution >= 0.6 is 0 Å². The van der Waals surface area contributed by atoms with Gasteiger partial charge in [0.15, 0.2) is 11.6 Å². The molecule has 1 aliphatic rings. The number of rotatable bonds is 8. The van der Waals surface area contributed by atoms with Crippen molar-refractivity contribution in [2.24, 2.45) is 0 Å². The van der Waals surface area contributed by atoms with Crippen LogP contribution in [0.5, 0.6) is 0 Å². The highest BCUT2D eigenvalue weighted by atomic mass is 16.5.